The van der Waals surface area contributed by atoms with E-state index in [4.69, 9.17) is 4.74 Å². The van der Waals surface area contributed by atoms with Gasteiger partial charge in [-0.1, -0.05) is 19.3 Å². The van der Waals surface area contributed by atoms with Gasteiger partial charge in [-0.3, -0.25) is 4.79 Å². The van der Waals surface area contributed by atoms with E-state index in [-0.39, 0.29) is 11.6 Å². The van der Waals surface area contributed by atoms with Crippen LogP contribution in [0.2, 0.25) is 0 Å². The van der Waals surface area contributed by atoms with E-state index < -0.39 is 11.5 Å². The van der Waals surface area contributed by atoms with Crippen LogP contribution >= 0.6 is 0 Å². The number of carbonyl (C=O) groups is 2. The number of methoxy groups -OCH3 is 1. The highest BCUT2D eigenvalue weighted by atomic mass is 16.5. The summed E-state index contributed by atoms with van der Waals surface area (Å²) in [6.07, 6.45) is 3.57. The summed E-state index contributed by atoms with van der Waals surface area (Å²) < 4.78 is 6.84. The van der Waals surface area contributed by atoms with Crippen LogP contribution in [0.3, 0.4) is 0 Å². The zero-order valence-corrected chi connectivity index (χ0v) is 15.9. The Morgan fingerprint density at radius 3 is 2.37 bits per heavy atom. The first-order valence-corrected chi connectivity index (χ1v) is 9.12. The molecule has 2 aromatic rings. The summed E-state index contributed by atoms with van der Waals surface area (Å²) >= 11 is 0. The number of likely N-dealkylation sites (N-methyl/N-ethyl adjacent to an activating group) is 1. The van der Waals surface area contributed by atoms with Gasteiger partial charge < -0.3 is 14.7 Å². The number of carboxylic acids is 1. The van der Waals surface area contributed by atoms with E-state index in [9.17, 15) is 14.7 Å². The molecular formula is C20H25N3O4. The molecule has 1 aromatic heterocycles. The summed E-state index contributed by atoms with van der Waals surface area (Å²) in [5.41, 5.74) is 0.704. The van der Waals surface area contributed by atoms with Crippen LogP contribution in [-0.4, -0.2) is 51.4 Å². The van der Waals surface area contributed by atoms with Crippen LogP contribution in [0, 0.1) is 6.92 Å². The fraction of sp³-hybridized carbons (Fsp3) is 0.450. The summed E-state index contributed by atoms with van der Waals surface area (Å²) in [4.78, 5) is 26.4. The van der Waals surface area contributed by atoms with Gasteiger partial charge in [-0.05, 0) is 50.1 Å². The molecule has 1 fully saturated rings. The molecule has 7 nitrogen and oxygen atoms in total. The highest BCUT2D eigenvalue weighted by Gasteiger charge is 2.46. The number of amides is 1. The zero-order valence-electron chi connectivity index (χ0n) is 15.9. The van der Waals surface area contributed by atoms with Crippen LogP contribution in [-0.2, 0) is 4.79 Å². The number of hydrogen-bond acceptors (Lipinski definition) is 4. The normalized spacial score (nSPS) is 16.0. The Morgan fingerprint density at radius 2 is 1.81 bits per heavy atom. The monoisotopic (exact) mass is 371 g/mol. The van der Waals surface area contributed by atoms with Gasteiger partial charge in [0.05, 0.1) is 12.8 Å². The fourth-order valence-corrected chi connectivity index (χ4v) is 3.76. The van der Waals surface area contributed by atoms with Crippen molar-refractivity contribution in [2.75, 3.05) is 14.2 Å². The zero-order chi connectivity index (χ0) is 19.6. The van der Waals surface area contributed by atoms with Gasteiger partial charge in [0, 0.05) is 12.7 Å². The molecule has 1 amide bonds. The second-order valence-corrected chi connectivity index (χ2v) is 7.04. The SMILES string of the molecule is COc1ccc(-n2nc(C(=O)N(C)C3(C(=O)O)CCCCC3)cc2C)cc1. The molecule has 1 saturated carbocycles. The second-order valence-electron chi connectivity index (χ2n) is 7.04. The number of rotatable bonds is 5. The van der Waals surface area contributed by atoms with Crippen molar-refractivity contribution in [2.24, 2.45) is 0 Å². The Balaban J connectivity index is 1.89. The molecule has 27 heavy (non-hydrogen) atoms. The standard InChI is InChI=1S/C20H25N3O4/c1-14-13-17(21-23(14)15-7-9-16(27-3)10-8-15)18(24)22(2)20(19(25)26)11-5-4-6-12-20/h7-10,13H,4-6,11-12H2,1-3H3,(H,25,26). The number of benzene rings is 1. The molecule has 1 N–H and O–H groups in total. The van der Waals surface area contributed by atoms with Crippen LogP contribution in [0.25, 0.3) is 5.69 Å². The van der Waals surface area contributed by atoms with Crippen LogP contribution in [0.1, 0.15) is 48.3 Å². The van der Waals surface area contributed by atoms with Gasteiger partial charge in [-0.25, -0.2) is 9.48 Å². The van der Waals surface area contributed by atoms with E-state index in [1.54, 1.807) is 24.9 Å². The molecule has 1 heterocycles. The summed E-state index contributed by atoms with van der Waals surface area (Å²) in [6, 6.07) is 9.06. The van der Waals surface area contributed by atoms with Crippen LogP contribution in [0.4, 0.5) is 0 Å². The molecule has 3 rings (SSSR count). The van der Waals surface area contributed by atoms with Gasteiger partial charge in [-0.2, -0.15) is 5.10 Å². The molecule has 0 bridgehead atoms. The first-order valence-electron chi connectivity index (χ1n) is 9.12. The van der Waals surface area contributed by atoms with Crippen molar-refractivity contribution in [1.82, 2.24) is 14.7 Å². The van der Waals surface area contributed by atoms with Gasteiger partial charge in [0.25, 0.3) is 5.91 Å². The number of nitrogens with zero attached hydrogens (tertiary/aromatic N) is 3. The van der Waals surface area contributed by atoms with Gasteiger partial charge in [0.1, 0.15) is 11.3 Å². The predicted octanol–water partition coefficient (Wildman–Crippen LogP) is 3.05. The average molecular weight is 371 g/mol. The molecule has 0 unspecified atom stereocenters. The summed E-state index contributed by atoms with van der Waals surface area (Å²) in [5, 5.41) is 14.2. The Labute approximate surface area is 158 Å². The van der Waals surface area contributed by atoms with Crippen LogP contribution in [0.5, 0.6) is 5.75 Å². The Bertz CT molecular complexity index is 835. The lowest BCUT2D eigenvalue weighted by molar-refractivity contribution is -0.151. The first-order chi connectivity index (χ1) is 12.9. The maximum absolute atomic E-state index is 13.0. The quantitative estimate of drug-likeness (QED) is 0.873. The number of aliphatic carboxylic acids is 1. The van der Waals surface area contributed by atoms with Crippen molar-refractivity contribution >= 4 is 11.9 Å². The molecule has 0 atom stereocenters. The van der Waals surface area contributed by atoms with E-state index >= 15 is 0 Å². The molecule has 1 aromatic carbocycles. The number of aromatic nitrogens is 2. The lowest BCUT2D eigenvalue weighted by Crippen LogP contribution is -2.56. The molecular weight excluding hydrogens is 346 g/mol. The van der Waals surface area contributed by atoms with E-state index in [0.29, 0.717) is 12.8 Å². The summed E-state index contributed by atoms with van der Waals surface area (Å²) in [5.74, 6) is -0.570. The van der Waals surface area contributed by atoms with Crippen molar-refractivity contribution in [1.29, 1.82) is 0 Å². The average Bonchev–Trinajstić information content (AvgIpc) is 3.09. The second kappa shape index (κ2) is 7.42. The lowest BCUT2D eigenvalue weighted by Gasteiger charge is -2.40. The van der Waals surface area contributed by atoms with Crippen LogP contribution < -0.4 is 4.74 Å². The summed E-state index contributed by atoms with van der Waals surface area (Å²) in [7, 11) is 3.17. The van der Waals surface area contributed by atoms with Gasteiger partial charge >= 0.3 is 5.97 Å². The Kier molecular flexibility index (Phi) is 5.21. The number of hydrogen-bond donors (Lipinski definition) is 1. The predicted molar refractivity (Wildman–Crippen MR) is 100 cm³/mol. The topological polar surface area (TPSA) is 84.7 Å². The number of carbonyl (C=O) groups excluding carboxylic acids is 1. The van der Waals surface area contributed by atoms with Crippen molar-refractivity contribution in [3.05, 3.63) is 41.7 Å². The number of aryl methyl sites for hydroxylation is 1. The third-order valence-corrected chi connectivity index (χ3v) is 5.45. The maximum atomic E-state index is 13.0. The summed E-state index contributed by atoms with van der Waals surface area (Å²) in [6.45, 7) is 1.86. The molecule has 144 valence electrons. The lowest BCUT2D eigenvalue weighted by atomic mass is 9.80. The molecule has 0 radical (unpaired) electrons. The van der Waals surface area contributed by atoms with E-state index in [0.717, 1.165) is 36.4 Å². The Hall–Kier alpha value is -2.83. The molecule has 1 aliphatic carbocycles. The maximum Gasteiger partial charge on any atom is 0.329 e. The van der Waals surface area contributed by atoms with Crippen molar-refractivity contribution in [3.8, 4) is 11.4 Å². The molecule has 7 heteroatoms. The third kappa shape index (κ3) is 3.41. The highest BCUT2D eigenvalue weighted by molar-refractivity contribution is 5.96. The van der Waals surface area contributed by atoms with Gasteiger partial charge in [0.2, 0.25) is 0 Å². The van der Waals surface area contributed by atoms with Crippen molar-refractivity contribution < 1.29 is 19.4 Å². The van der Waals surface area contributed by atoms with E-state index in [1.165, 1.54) is 4.90 Å². The first kappa shape index (κ1) is 18.9. The number of carboxylic acid groups (broad SMARTS) is 1. The number of ether oxygens (including phenoxy) is 1. The minimum atomic E-state index is -1.15. The van der Waals surface area contributed by atoms with Crippen molar-refractivity contribution in [3.63, 3.8) is 0 Å². The molecule has 1 aliphatic rings. The molecule has 0 spiro atoms. The highest BCUT2D eigenvalue weighted by Crippen LogP contribution is 2.34. The van der Waals surface area contributed by atoms with E-state index in [2.05, 4.69) is 5.10 Å². The van der Waals surface area contributed by atoms with Gasteiger partial charge in [-0.15, -0.1) is 0 Å². The smallest absolute Gasteiger partial charge is 0.329 e. The van der Waals surface area contributed by atoms with Crippen LogP contribution in [0.15, 0.2) is 30.3 Å². The third-order valence-electron chi connectivity index (χ3n) is 5.45. The minimum absolute atomic E-state index is 0.247. The van der Waals surface area contributed by atoms with Gasteiger partial charge in [0.15, 0.2) is 5.69 Å². The molecule has 0 saturated heterocycles. The molecule has 0 aliphatic heterocycles. The largest absolute Gasteiger partial charge is 0.497 e. The van der Waals surface area contributed by atoms with Crippen molar-refractivity contribution in [2.45, 2.75) is 44.6 Å². The Morgan fingerprint density at radius 1 is 1.19 bits per heavy atom. The minimum Gasteiger partial charge on any atom is -0.497 e. The van der Waals surface area contributed by atoms with E-state index in [1.807, 2.05) is 31.2 Å². The fourth-order valence-electron chi connectivity index (χ4n) is 3.76.